The number of carbonyl (C=O) groups is 1. The van der Waals surface area contributed by atoms with Crippen LogP contribution in [0, 0.1) is 5.92 Å². The van der Waals surface area contributed by atoms with Crippen molar-refractivity contribution in [3.63, 3.8) is 0 Å². The minimum absolute atomic E-state index is 0.232. The first-order valence-corrected chi connectivity index (χ1v) is 14.4. The zero-order valence-corrected chi connectivity index (χ0v) is 23.9. The summed E-state index contributed by atoms with van der Waals surface area (Å²) >= 11 is 1.29. The fourth-order valence-corrected chi connectivity index (χ4v) is 6.06. The van der Waals surface area contributed by atoms with Crippen LogP contribution >= 0.6 is 11.3 Å². The Hall–Kier alpha value is -3.59. The van der Waals surface area contributed by atoms with Gasteiger partial charge in [0.25, 0.3) is 5.56 Å². The molecule has 206 valence electrons. The van der Waals surface area contributed by atoms with E-state index in [4.69, 9.17) is 13.9 Å². The van der Waals surface area contributed by atoms with Gasteiger partial charge in [0.2, 0.25) is 0 Å². The van der Waals surface area contributed by atoms with Gasteiger partial charge in [-0.2, -0.15) is 0 Å². The number of hydrogen-bond acceptors (Lipinski definition) is 8. The maximum Gasteiger partial charge on any atom is 0.338 e. The number of hydrogen-bond donors (Lipinski definition) is 0. The van der Waals surface area contributed by atoms with Crippen molar-refractivity contribution in [1.29, 1.82) is 0 Å². The highest BCUT2D eigenvalue weighted by Crippen LogP contribution is 2.32. The minimum atomic E-state index is -0.673. The van der Waals surface area contributed by atoms with E-state index in [0.29, 0.717) is 33.0 Å². The van der Waals surface area contributed by atoms with Crippen LogP contribution < -0.4 is 24.5 Å². The first-order chi connectivity index (χ1) is 18.7. The van der Waals surface area contributed by atoms with Crippen molar-refractivity contribution in [1.82, 2.24) is 4.57 Å². The molecule has 0 unspecified atom stereocenters. The molecule has 8 nitrogen and oxygen atoms in total. The number of furan rings is 1. The summed E-state index contributed by atoms with van der Waals surface area (Å²) in [5, 5.41) is 0. The Morgan fingerprint density at radius 2 is 1.90 bits per heavy atom. The number of allylic oxidation sites excluding steroid dienone is 1. The summed E-state index contributed by atoms with van der Waals surface area (Å²) in [6, 6.07) is 10.6. The van der Waals surface area contributed by atoms with Crippen LogP contribution in [0.4, 0.5) is 5.88 Å². The molecule has 1 saturated heterocycles. The van der Waals surface area contributed by atoms with Crippen molar-refractivity contribution in [3.05, 3.63) is 78.7 Å². The van der Waals surface area contributed by atoms with Crippen molar-refractivity contribution >= 4 is 29.3 Å². The van der Waals surface area contributed by atoms with Crippen LogP contribution in [0.15, 0.2) is 61.9 Å². The number of piperidine rings is 1. The number of carbonyl (C=O) groups excluding carboxylic acids is 1. The second-order valence-electron chi connectivity index (χ2n) is 10.4. The summed E-state index contributed by atoms with van der Waals surface area (Å²) in [6.07, 6.45) is 3.74. The van der Waals surface area contributed by atoms with Gasteiger partial charge in [-0.25, -0.2) is 9.79 Å². The third-order valence-corrected chi connectivity index (χ3v) is 8.06. The van der Waals surface area contributed by atoms with E-state index in [1.54, 1.807) is 31.4 Å². The predicted molar refractivity (Wildman–Crippen MR) is 152 cm³/mol. The van der Waals surface area contributed by atoms with Gasteiger partial charge < -0.3 is 18.8 Å². The molecular formula is C30H35N3O5S. The lowest BCUT2D eigenvalue weighted by Crippen LogP contribution is -2.40. The standard InChI is InChI=1S/C30H35N3O5S/c1-6-36-22-9-7-21(8-10-22)27-26(29(35)37-18(2)3)20(5)31-30-33(27)28(34)24(39-30)17-23-11-12-25(38-23)32-15-13-19(4)14-16-32/h7-12,17-19,27H,6,13-16H2,1-5H3/b24-17-/t27-/m1/s1. The lowest BCUT2D eigenvalue weighted by molar-refractivity contribution is -0.143. The zero-order valence-electron chi connectivity index (χ0n) is 23.1. The van der Waals surface area contributed by atoms with E-state index in [1.165, 1.54) is 11.3 Å². The monoisotopic (exact) mass is 549 g/mol. The molecule has 0 bridgehead atoms. The number of benzene rings is 1. The smallest absolute Gasteiger partial charge is 0.338 e. The van der Waals surface area contributed by atoms with E-state index in [9.17, 15) is 9.59 Å². The van der Waals surface area contributed by atoms with Gasteiger partial charge in [-0.1, -0.05) is 30.4 Å². The number of fused-ring (bicyclic) bond motifs is 1. The van der Waals surface area contributed by atoms with Gasteiger partial charge >= 0.3 is 5.97 Å². The molecule has 1 atom stereocenters. The summed E-state index contributed by atoms with van der Waals surface area (Å²) < 4.78 is 19.4. The molecule has 0 saturated carbocycles. The SMILES string of the molecule is CCOc1ccc([C@@H]2C(C(=O)OC(C)C)=C(C)N=c3s/c(=C\c4ccc(N5CCC(C)CC5)o4)c(=O)n32)cc1. The van der Waals surface area contributed by atoms with Crippen LogP contribution in [-0.4, -0.2) is 36.3 Å². The number of thiazole rings is 1. The molecule has 2 aliphatic heterocycles. The van der Waals surface area contributed by atoms with Crippen LogP contribution in [0.3, 0.4) is 0 Å². The van der Waals surface area contributed by atoms with Crippen molar-refractivity contribution in [2.24, 2.45) is 10.9 Å². The molecule has 0 spiro atoms. The number of aromatic nitrogens is 1. The van der Waals surface area contributed by atoms with Crippen molar-refractivity contribution in [2.45, 2.75) is 59.6 Å². The van der Waals surface area contributed by atoms with Gasteiger partial charge in [0.15, 0.2) is 10.7 Å². The maximum absolute atomic E-state index is 13.8. The van der Waals surface area contributed by atoms with Crippen LogP contribution in [0.25, 0.3) is 6.08 Å². The van der Waals surface area contributed by atoms with Gasteiger partial charge in [-0.3, -0.25) is 9.36 Å². The zero-order chi connectivity index (χ0) is 27.7. The molecular weight excluding hydrogens is 514 g/mol. The third-order valence-electron chi connectivity index (χ3n) is 7.07. The number of anilines is 1. The minimum Gasteiger partial charge on any atom is -0.494 e. The average molecular weight is 550 g/mol. The van der Waals surface area contributed by atoms with E-state index in [1.807, 2.05) is 43.3 Å². The Bertz CT molecular complexity index is 1550. The van der Waals surface area contributed by atoms with E-state index in [2.05, 4.69) is 16.8 Å². The second kappa shape index (κ2) is 11.3. The molecule has 1 fully saturated rings. The molecule has 9 heteroatoms. The Balaban J connectivity index is 1.57. The molecule has 2 aliphatic rings. The summed E-state index contributed by atoms with van der Waals surface area (Å²) in [5.41, 5.74) is 1.43. The van der Waals surface area contributed by atoms with E-state index in [-0.39, 0.29) is 11.7 Å². The lowest BCUT2D eigenvalue weighted by Gasteiger charge is -2.29. The Kier molecular flexibility index (Phi) is 7.79. The first-order valence-electron chi connectivity index (χ1n) is 13.6. The Morgan fingerprint density at radius 1 is 1.18 bits per heavy atom. The molecule has 0 radical (unpaired) electrons. The highest BCUT2D eigenvalue weighted by molar-refractivity contribution is 7.07. The molecule has 2 aromatic heterocycles. The summed E-state index contributed by atoms with van der Waals surface area (Å²) in [5.74, 6) is 2.40. The van der Waals surface area contributed by atoms with Crippen LogP contribution in [0.5, 0.6) is 5.75 Å². The molecule has 3 aromatic rings. The summed E-state index contributed by atoms with van der Waals surface area (Å²) in [7, 11) is 0. The topological polar surface area (TPSA) is 86.3 Å². The van der Waals surface area contributed by atoms with Gasteiger partial charge in [-0.15, -0.1) is 0 Å². The number of ether oxygens (including phenoxy) is 2. The predicted octanol–water partition coefficient (Wildman–Crippen LogP) is 4.41. The van der Waals surface area contributed by atoms with Gasteiger partial charge in [0.05, 0.1) is 34.6 Å². The molecule has 0 N–H and O–H groups in total. The van der Waals surface area contributed by atoms with E-state index < -0.39 is 12.0 Å². The fraction of sp³-hybridized carbons (Fsp3) is 0.433. The molecule has 39 heavy (non-hydrogen) atoms. The third kappa shape index (κ3) is 5.59. The Morgan fingerprint density at radius 3 is 2.56 bits per heavy atom. The molecule has 0 aliphatic carbocycles. The molecule has 1 aromatic carbocycles. The number of rotatable bonds is 7. The summed E-state index contributed by atoms with van der Waals surface area (Å²) in [4.78, 5) is 34.5. The van der Waals surface area contributed by atoms with Gasteiger partial charge in [-0.05, 0) is 70.2 Å². The molecule has 4 heterocycles. The summed E-state index contributed by atoms with van der Waals surface area (Å²) in [6.45, 7) is 12.1. The number of nitrogens with zero attached hydrogens (tertiary/aromatic N) is 3. The maximum atomic E-state index is 13.8. The highest BCUT2D eigenvalue weighted by Gasteiger charge is 2.34. The van der Waals surface area contributed by atoms with Crippen LogP contribution in [0.1, 0.15) is 64.8 Å². The van der Waals surface area contributed by atoms with Gasteiger partial charge in [0.1, 0.15) is 11.5 Å². The van der Waals surface area contributed by atoms with Crippen molar-refractivity contribution < 1.29 is 18.7 Å². The second-order valence-corrected chi connectivity index (χ2v) is 11.4. The van der Waals surface area contributed by atoms with E-state index >= 15 is 0 Å². The largest absolute Gasteiger partial charge is 0.494 e. The van der Waals surface area contributed by atoms with E-state index in [0.717, 1.165) is 49.0 Å². The molecule has 0 amide bonds. The molecule has 5 rings (SSSR count). The lowest BCUT2D eigenvalue weighted by atomic mass is 9.96. The highest BCUT2D eigenvalue weighted by atomic mass is 32.1. The van der Waals surface area contributed by atoms with Crippen LogP contribution in [-0.2, 0) is 9.53 Å². The quantitative estimate of drug-likeness (QED) is 0.406. The number of esters is 1. The first kappa shape index (κ1) is 27.0. The van der Waals surface area contributed by atoms with Crippen LogP contribution in [0.2, 0.25) is 0 Å². The van der Waals surface area contributed by atoms with Crippen molar-refractivity contribution in [3.8, 4) is 5.75 Å². The Labute approximate surface area is 231 Å². The average Bonchev–Trinajstić information content (AvgIpc) is 3.48. The fourth-order valence-electron chi connectivity index (χ4n) is 5.04. The van der Waals surface area contributed by atoms with Crippen molar-refractivity contribution in [2.75, 3.05) is 24.6 Å². The van der Waals surface area contributed by atoms with Gasteiger partial charge in [0, 0.05) is 25.2 Å². The normalized spacial score (nSPS) is 18.4.